The number of hydrogen-bond acceptors (Lipinski definition) is 3. The zero-order chi connectivity index (χ0) is 9.14. The molecule has 4 nitrogen and oxygen atoms in total. The van der Waals surface area contributed by atoms with E-state index in [1.54, 1.807) is 0 Å². The van der Waals surface area contributed by atoms with Crippen molar-refractivity contribution in [1.29, 1.82) is 0 Å². The van der Waals surface area contributed by atoms with E-state index >= 15 is 0 Å². The molecule has 6 heteroatoms. The highest BCUT2D eigenvalue weighted by atomic mass is 32.1. The second-order valence-electron chi connectivity index (χ2n) is 2.55. The zero-order valence-corrected chi connectivity index (χ0v) is 7.06. The Morgan fingerprint density at radius 2 is 2.50 bits per heavy atom. The molecule has 0 unspecified atom stereocenters. The van der Waals surface area contributed by atoms with Gasteiger partial charge >= 0.3 is 0 Å². The summed E-state index contributed by atoms with van der Waals surface area (Å²) >= 11 is 4.86. The highest BCUT2D eigenvalue weighted by Crippen LogP contribution is 2.07. The molecule has 0 spiro atoms. The molecule has 1 fully saturated rings. The van der Waals surface area contributed by atoms with Crippen LogP contribution in [-0.2, 0) is 4.79 Å². The number of hydrogen-bond donors (Lipinski definition) is 2. The molecule has 1 heterocycles. The van der Waals surface area contributed by atoms with Crippen LogP contribution in [0.5, 0.6) is 0 Å². The van der Waals surface area contributed by atoms with Crippen LogP contribution in [0.2, 0.25) is 0 Å². The lowest BCUT2D eigenvalue weighted by Gasteiger charge is -2.08. The number of thiocarbonyl (C=S) groups is 1. The van der Waals surface area contributed by atoms with Crippen LogP contribution in [0.3, 0.4) is 0 Å². The summed E-state index contributed by atoms with van der Waals surface area (Å²) in [5, 5.41) is 5.18. The largest absolute Gasteiger partial charge is 0.368 e. The van der Waals surface area contributed by atoms with E-state index in [-0.39, 0.29) is 12.1 Å². The maximum atomic E-state index is 10.4. The quantitative estimate of drug-likeness (QED) is 0.331. The van der Waals surface area contributed by atoms with Crippen LogP contribution >= 0.6 is 12.2 Å². The Balaban J connectivity index is 2.51. The topological polar surface area (TPSA) is 58.2 Å². The van der Waals surface area contributed by atoms with Crippen molar-refractivity contribution in [2.45, 2.75) is 18.5 Å². The summed E-state index contributed by atoms with van der Waals surface area (Å²) in [6.07, 6.45) is 1.24. The van der Waals surface area contributed by atoms with Gasteiger partial charge < -0.3 is 15.4 Å². The molecular formula is C6H7BN2O2S. The summed E-state index contributed by atoms with van der Waals surface area (Å²) in [7, 11) is 4.90. The molecule has 62 valence electrons. The molecule has 1 aliphatic heterocycles. The molecule has 0 aromatic carbocycles. The Kier molecular flexibility index (Phi) is 2.81. The van der Waals surface area contributed by atoms with Crippen molar-refractivity contribution in [2.75, 3.05) is 0 Å². The molecule has 2 N–H and O–H groups in total. The van der Waals surface area contributed by atoms with Crippen LogP contribution in [0.1, 0.15) is 6.42 Å². The summed E-state index contributed by atoms with van der Waals surface area (Å²) < 4.78 is 0. The van der Waals surface area contributed by atoms with E-state index in [1.807, 2.05) is 0 Å². The Morgan fingerprint density at radius 3 is 2.92 bits per heavy atom. The first-order valence-corrected chi connectivity index (χ1v) is 3.86. The third kappa shape index (κ3) is 2.04. The second kappa shape index (κ2) is 3.66. The summed E-state index contributed by atoms with van der Waals surface area (Å²) in [5.74, 6) is -0.629. The van der Waals surface area contributed by atoms with Crippen molar-refractivity contribution in [2.24, 2.45) is 0 Å². The summed E-state index contributed by atoms with van der Waals surface area (Å²) in [6.45, 7) is 0. The first kappa shape index (κ1) is 9.19. The zero-order valence-electron chi connectivity index (χ0n) is 6.24. The summed E-state index contributed by atoms with van der Waals surface area (Å²) in [4.78, 5) is 21.2. The minimum absolute atomic E-state index is 0.297. The predicted molar refractivity (Wildman–Crippen MR) is 48.3 cm³/mol. The third-order valence-corrected chi connectivity index (χ3v) is 2.02. The minimum atomic E-state index is -0.629. The number of carbonyl (C=O) groups is 2. The van der Waals surface area contributed by atoms with Gasteiger partial charge in [-0.15, -0.1) is 0 Å². The van der Waals surface area contributed by atoms with E-state index in [0.717, 1.165) is 6.29 Å². The predicted octanol–water partition coefficient (Wildman–Crippen LogP) is -0.879. The molecule has 2 radical (unpaired) electrons. The average molecular weight is 182 g/mol. The summed E-state index contributed by atoms with van der Waals surface area (Å²) in [6, 6.07) is -0.595. The maximum absolute atomic E-state index is 10.4. The van der Waals surface area contributed by atoms with E-state index in [4.69, 9.17) is 20.1 Å². The van der Waals surface area contributed by atoms with Gasteiger partial charge in [0, 0.05) is 6.42 Å². The van der Waals surface area contributed by atoms with Crippen LogP contribution in [0, 0.1) is 0 Å². The number of rotatable bonds is 2. The van der Waals surface area contributed by atoms with Gasteiger partial charge in [-0.25, -0.2) is 0 Å². The van der Waals surface area contributed by atoms with Gasteiger partial charge in [0.05, 0.1) is 17.1 Å². The fourth-order valence-corrected chi connectivity index (χ4v) is 1.40. The SMILES string of the molecule is [B]C(=O)N[C@@H]1C[C@H](C=O)NC1=S. The van der Waals surface area contributed by atoms with Crippen molar-refractivity contribution in [3.05, 3.63) is 0 Å². The lowest BCUT2D eigenvalue weighted by Crippen LogP contribution is -2.38. The lowest BCUT2D eigenvalue weighted by molar-refractivity contribution is -0.109. The standard InChI is InChI=1S/C6H7BN2O2S/c7-6(11)9-4-1-3(2-10)8-5(4)12/h2-4H,1H2,(H,8,12)(H,9,11)/t3-,4-/m1/s1. The first-order chi connectivity index (χ1) is 5.63. The van der Waals surface area contributed by atoms with E-state index in [2.05, 4.69) is 10.6 Å². The molecule has 1 rings (SSSR count). The molecular weight excluding hydrogens is 175 g/mol. The van der Waals surface area contributed by atoms with Crippen molar-refractivity contribution < 1.29 is 9.59 Å². The molecule has 0 aliphatic carbocycles. The normalized spacial score (nSPS) is 27.8. The van der Waals surface area contributed by atoms with Gasteiger partial charge in [-0.3, -0.25) is 4.79 Å². The maximum Gasteiger partial charge on any atom is 0.200 e. The Morgan fingerprint density at radius 1 is 1.83 bits per heavy atom. The van der Waals surface area contributed by atoms with E-state index in [9.17, 15) is 9.59 Å². The van der Waals surface area contributed by atoms with Crippen LogP contribution in [0.15, 0.2) is 0 Å². The molecule has 0 saturated carbocycles. The van der Waals surface area contributed by atoms with Gasteiger partial charge in [0.1, 0.15) is 6.29 Å². The highest BCUT2D eigenvalue weighted by molar-refractivity contribution is 7.80. The monoisotopic (exact) mass is 182 g/mol. The lowest BCUT2D eigenvalue weighted by atomic mass is 10.1. The van der Waals surface area contributed by atoms with Crippen LogP contribution in [0.4, 0.5) is 4.79 Å². The Hall–Kier alpha value is -0.905. The van der Waals surface area contributed by atoms with E-state index in [1.165, 1.54) is 0 Å². The highest BCUT2D eigenvalue weighted by Gasteiger charge is 2.28. The second-order valence-corrected chi connectivity index (χ2v) is 2.99. The van der Waals surface area contributed by atoms with Crippen LogP contribution < -0.4 is 10.6 Å². The van der Waals surface area contributed by atoms with Crippen LogP contribution in [-0.4, -0.2) is 37.0 Å². The minimum Gasteiger partial charge on any atom is -0.368 e. The van der Waals surface area contributed by atoms with Gasteiger partial charge in [0.2, 0.25) is 7.85 Å². The molecule has 0 bridgehead atoms. The van der Waals surface area contributed by atoms with Gasteiger partial charge in [-0.1, -0.05) is 12.2 Å². The molecule has 1 amide bonds. The fourth-order valence-electron chi connectivity index (χ4n) is 1.09. The van der Waals surface area contributed by atoms with Gasteiger partial charge in [0.25, 0.3) is 0 Å². The van der Waals surface area contributed by atoms with Gasteiger partial charge in [0.15, 0.2) is 5.81 Å². The third-order valence-electron chi connectivity index (χ3n) is 1.61. The van der Waals surface area contributed by atoms with Gasteiger partial charge in [-0.2, -0.15) is 0 Å². The van der Waals surface area contributed by atoms with Gasteiger partial charge in [-0.05, 0) is 0 Å². The number of aldehydes is 1. The van der Waals surface area contributed by atoms with Crippen LogP contribution in [0.25, 0.3) is 0 Å². The van der Waals surface area contributed by atoms with Crippen molar-refractivity contribution in [3.63, 3.8) is 0 Å². The molecule has 1 aliphatic rings. The Bertz CT molecular complexity index is 234. The van der Waals surface area contributed by atoms with Crippen molar-refractivity contribution >= 4 is 37.1 Å². The smallest absolute Gasteiger partial charge is 0.200 e. The van der Waals surface area contributed by atoms with Crippen molar-refractivity contribution in [1.82, 2.24) is 10.6 Å². The Labute approximate surface area is 76.5 Å². The molecule has 0 aromatic heterocycles. The molecule has 2 atom stereocenters. The molecule has 1 saturated heterocycles. The van der Waals surface area contributed by atoms with E-state index < -0.39 is 5.81 Å². The number of carbonyl (C=O) groups excluding carboxylic acids is 2. The molecule has 12 heavy (non-hydrogen) atoms. The number of amides is 1. The fraction of sp³-hybridized carbons (Fsp3) is 0.500. The molecule has 0 aromatic rings. The average Bonchev–Trinajstić information content (AvgIpc) is 2.31. The number of nitrogens with one attached hydrogen (secondary N) is 2. The van der Waals surface area contributed by atoms with E-state index in [0.29, 0.717) is 11.4 Å². The first-order valence-electron chi connectivity index (χ1n) is 3.45. The van der Waals surface area contributed by atoms with Crippen molar-refractivity contribution in [3.8, 4) is 0 Å². The summed E-state index contributed by atoms with van der Waals surface area (Å²) in [5.41, 5.74) is 0.